The van der Waals surface area contributed by atoms with Crippen molar-refractivity contribution >= 4 is 29.0 Å². The molecule has 3 atom stereocenters. The molecule has 1 saturated carbocycles. The SMILES string of the molecule is Cc1nc(N[C@H]2CC[C@@H](N(C)c3ccc(C(F)(F)F)cc3)C2)nc2c1NC(=O)C(C(C)C)N2C. The third-order valence-electron chi connectivity index (χ3n) is 6.86. The smallest absolute Gasteiger partial charge is 0.372 e. The van der Waals surface area contributed by atoms with Crippen LogP contribution in [-0.4, -0.2) is 48.1 Å². The van der Waals surface area contributed by atoms with Crippen LogP contribution in [0.5, 0.6) is 0 Å². The lowest BCUT2D eigenvalue weighted by Crippen LogP contribution is -2.49. The van der Waals surface area contributed by atoms with Crippen LogP contribution in [0.2, 0.25) is 0 Å². The molecule has 34 heavy (non-hydrogen) atoms. The normalized spacial score (nSPS) is 22.6. The van der Waals surface area contributed by atoms with Gasteiger partial charge in [0.2, 0.25) is 11.9 Å². The number of nitrogens with zero attached hydrogens (tertiary/aromatic N) is 4. The number of anilines is 4. The summed E-state index contributed by atoms with van der Waals surface area (Å²) < 4.78 is 38.6. The van der Waals surface area contributed by atoms with Gasteiger partial charge in [0, 0.05) is 31.9 Å². The molecule has 1 fully saturated rings. The van der Waals surface area contributed by atoms with Crippen LogP contribution in [0, 0.1) is 12.8 Å². The second-order valence-electron chi connectivity index (χ2n) is 9.58. The fourth-order valence-corrected chi connectivity index (χ4v) is 5.00. The standard InChI is InChI=1S/C24H31F3N6O/c1-13(2)20-22(34)30-19-14(3)28-23(31-21(19)33(20)5)29-16-8-11-18(12-16)32(4)17-9-6-15(7-10-17)24(25,26)27/h6-7,9-10,13,16,18,20H,8,11-12H2,1-5H3,(H,30,34)(H,28,29,31)/t16-,18+,20?/m0/s1. The number of likely N-dealkylation sites (N-methyl/N-ethyl adjacent to an activating group) is 1. The van der Waals surface area contributed by atoms with Gasteiger partial charge in [0.15, 0.2) is 5.82 Å². The molecule has 2 aromatic rings. The maximum absolute atomic E-state index is 12.9. The molecule has 7 nitrogen and oxygen atoms in total. The summed E-state index contributed by atoms with van der Waals surface area (Å²) in [6, 6.07) is 5.33. The first-order chi connectivity index (χ1) is 16.0. The summed E-state index contributed by atoms with van der Waals surface area (Å²) >= 11 is 0. The molecule has 0 radical (unpaired) electrons. The fourth-order valence-electron chi connectivity index (χ4n) is 5.00. The zero-order chi connectivity index (χ0) is 24.8. The molecular weight excluding hydrogens is 445 g/mol. The lowest BCUT2D eigenvalue weighted by atomic mass is 9.99. The minimum absolute atomic E-state index is 0.0534. The number of aryl methyl sites for hydroxylation is 1. The van der Waals surface area contributed by atoms with E-state index in [1.807, 2.05) is 44.7 Å². The van der Waals surface area contributed by atoms with Gasteiger partial charge >= 0.3 is 6.18 Å². The zero-order valence-electron chi connectivity index (χ0n) is 20.1. The molecule has 1 aromatic carbocycles. The molecule has 1 aliphatic heterocycles. The highest BCUT2D eigenvalue weighted by Gasteiger charge is 2.36. The molecule has 10 heteroatoms. The Labute approximate surface area is 197 Å². The van der Waals surface area contributed by atoms with Crippen LogP contribution in [0.1, 0.15) is 44.4 Å². The van der Waals surface area contributed by atoms with E-state index in [1.54, 1.807) is 0 Å². The Balaban J connectivity index is 1.45. The van der Waals surface area contributed by atoms with Gasteiger partial charge in [0.25, 0.3) is 0 Å². The molecule has 2 heterocycles. The van der Waals surface area contributed by atoms with E-state index in [9.17, 15) is 18.0 Å². The summed E-state index contributed by atoms with van der Waals surface area (Å²) in [5, 5.41) is 6.39. The van der Waals surface area contributed by atoms with Crippen LogP contribution in [0.3, 0.4) is 0 Å². The molecule has 184 valence electrons. The average molecular weight is 477 g/mol. The molecule has 4 rings (SSSR count). The third-order valence-corrected chi connectivity index (χ3v) is 6.86. The van der Waals surface area contributed by atoms with Crippen LogP contribution in [0.25, 0.3) is 0 Å². The van der Waals surface area contributed by atoms with E-state index in [0.29, 0.717) is 23.1 Å². The van der Waals surface area contributed by atoms with E-state index < -0.39 is 11.7 Å². The van der Waals surface area contributed by atoms with E-state index in [-0.39, 0.29) is 30.0 Å². The zero-order valence-corrected chi connectivity index (χ0v) is 20.1. The van der Waals surface area contributed by atoms with Crippen molar-refractivity contribution in [2.24, 2.45) is 5.92 Å². The van der Waals surface area contributed by atoms with Gasteiger partial charge in [-0.2, -0.15) is 18.2 Å². The van der Waals surface area contributed by atoms with Crippen molar-refractivity contribution in [1.82, 2.24) is 9.97 Å². The van der Waals surface area contributed by atoms with E-state index in [4.69, 9.17) is 4.98 Å². The van der Waals surface area contributed by atoms with Crippen LogP contribution in [0.4, 0.5) is 36.3 Å². The molecule has 1 amide bonds. The number of halogens is 3. The summed E-state index contributed by atoms with van der Waals surface area (Å²) in [5.74, 6) is 1.29. The molecule has 0 bridgehead atoms. The van der Waals surface area contributed by atoms with Crippen molar-refractivity contribution < 1.29 is 18.0 Å². The largest absolute Gasteiger partial charge is 0.416 e. The minimum Gasteiger partial charge on any atom is -0.372 e. The summed E-state index contributed by atoms with van der Waals surface area (Å²) in [6.45, 7) is 5.86. The van der Waals surface area contributed by atoms with Gasteiger partial charge in [-0.3, -0.25) is 4.79 Å². The highest BCUT2D eigenvalue weighted by atomic mass is 19.4. The molecule has 0 saturated heterocycles. The van der Waals surface area contributed by atoms with E-state index in [1.165, 1.54) is 12.1 Å². The molecule has 1 aromatic heterocycles. The number of benzene rings is 1. The van der Waals surface area contributed by atoms with Crippen molar-refractivity contribution in [3.05, 3.63) is 35.5 Å². The highest BCUT2D eigenvalue weighted by Crippen LogP contribution is 2.36. The Hall–Kier alpha value is -3.04. The van der Waals surface area contributed by atoms with E-state index in [0.717, 1.165) is 37.1 Å². The van der Waals surface area contributed by atoms with Crippen molar-refractivity contribution in [2.45, 2.75) is 64.3 Å². The number of carbonyl (C=O) groups is 1. The minimum atomic E-state index is -4.33. The van der Waals surface area contributed by atoms with E-state index >= 15 is 0 Å². The Morgan fingerprint density at radius 1 is 1.18 bits per heavy atom. The Kier molecular flexibility index (Phi) is 6.35. The first-order valence-electron chi connectivity index (χ1n) is 11.5. The van der Waals surface area contributed by atoms with Crippen molar-refractivity contribution in [2.75, 3.05) is 34.5 Å². The van der Waals surface area contributed by atoms with Crippen molar-refractivity contribution in [1.29, 1.82) is 0 Å². The van der Waals surface area contributed by atoms with Gasteiger partial charge in [-0.05, 0) is 56.4 Å². The first-order valence-corrected chi connectivity index (χ1v) is 11.5. The number of amides is 1. The number of hydrogen-bond acceptors (Lipinski definition) is 6. The van der Waals surface area contributed by atoms with Crippen LogP contribution in [0.15, 0.2) is 24.3 Å². The van der Waals surface area contributed by atoms with E-state index in [2.05, 4.69) is 15.6 Å². The van der Waals surface area contributed by atoms with Crippen molar-refractivity contribution in [3.63, 3.8) is 0 Å². The van der Waals surface area contributed by atoms with Gasteiger partial charge in [0.05, 0.1) is 11.3 Å². The molecule has 2 aliphatic rings. The highest BCUT2D eigenvalue weighted by molar-refractivity contribution is 6.03. The maximum Gasteiger partial charge on any atom is 0.416 e. The Morgan fingerprint density at radius 2 is 1.85 bits per heavy atom. The Bertz CT molecular complexity index is 1060. The number of carbonyl (C=O) groups excluding carboxylic acids is 1. The number of aromatic nitrogens is 2. The number of rotatable bonds is 5. The Morgan fingerprint density at radius 3 is 2.47 bits per heavy atom. The fraction of sp³-hybridized carbons (Fsp3) is 0.542. The predicted octanol–water partition coefficient (Wildman–Crippen LogP) is 4.69. The van der Waals surface area contributed by atoms with Gasteiger partial charge in [-0.15, -0.1) is 0 Å². The summed E-state index contributed by atoms with van der Waals surface area (Å²) in [7, 11) is 3.79. The number of fused-ring (bicyclic) bond motifs is 1. The number of hydrogen-bond donors (Lipinski definition) is 2. The molecule has 1 aliphatic carbocycles. The molecule has 1 unspecified atom stereocenters. The second kappa shape index (κ2) is 8.96. The van der Waals surface area contributed by atoms with Gasteiger partial charge in [-0.25, -0.2) is 4.98 Å². The second-order valence-corrected chi connectivity index (χ2v) is 9.58. The molecular formula is C24H31F3N6O. The summed E-state index contributed by atoms with van der Waals surface area (Å²) in [4.78, 5) is 25.8. The maximum atomic E-state index is 12.9. The topological polar surface area (TPSA) is 73.4 Å². The average Bonchev–Trinajstić information content (AvgIpc) is 3.22. The molecule has 2 N–H and O–H groups in total. The predicted molar refractivity (Wildman–Crippen MR) is 127 cm³/mol. The number of nitrogens with one attached hydrogen (secondary N) is 2. The lowest BCUT2D eigenvalue weighted by molar-refractivity contribution is -0.137. The summed E-state index contributed by atoms with van der Waals surface area (Å²) in [5.41, 5.74) is 1.46. The lowest BCUT2D eigenvalue weighted by Gasteiger charge is -2.37. The third kappa shape index (κ3) is 4.63. The first kappa shape index (κ1) is 24.1. The molecule has 0 spiro atoms. The van der Waals surface area contributed by atoms with Gasteiger partial charge in [-0.1, -0.05) is 13.8 Å². The van der Waals surface area contributed by atoms with Gasteiger partial charge < -0.3 is 20.4 Å². The number of alkyl halides is 3. The van der Waals surface area contributed by atoms with Crippen LogP contribution < -0.4 is 20.4 Å². The quantitative estimate of drug-likeness (QED) is 0.653. The van der Waals surface area contributed by atoms with Gasteiger partial charge in [0.1, 0.15) is 11.7 Å². The summed E-state index contributed by atoms with van der Waals surface area (Å²) in [6.07, 6.45) is -1.71. The van der Waals surface area contributed by atoms with Crippen molar-refractivity contribution in [3.8, 4) is 0 Å². The monoisotopic (exact) mass is 476 g/mol. The van der Waals surface area contributed by atoms with Crippen LogP contribution in [-0.2, 0) is 11.0 Å². The van der Waals surface area contributed by atoms with Crippen LogP contribution >= 0.6 is 0 Å².